The number of ether oxygens (including phenoxy) is 1. The molecule has 0 aliphatic carbocycles. The number of esters is 1. The van der Waals surface area contributed by atoms with Gasteiger partial charge in [0, 0.05) is 31.4 Å². The maximum atomic E-state index is 12.2. The van der Waals surface area contributed by atoms with E-state index < -0.39 is 6.10 Å². The SMILES string of the molecule is COC(=O)CCCCCCN1C(=O)CCC1C=C[C@@H](O)[C@H](C)CC#Cc1ccccc1. The summed E-state index contributed by atoms with van der Waals surface area (Å²) in [5.74, 6) is 6.30. The molecule has 0 aromatic heterocycles. The number of carbonyl (C=O) groups excluding carboxylic acids is 2. The van der Waals surface area contributed by atoms with Crippen molar-refractivity contribution >= 4 is 11.9 Å². The molecule has 0 bridgehead atoms. The largest absolute Gasteiger partial charge is 0.469 e. The van der Waals surface area contributed by atoms with Crippen LogP contribution in [0.15, 0.2) is 42.5 Å². The zero-order valence-electron chi connectivity index (χ0n) is 18.8. The lowest BCUT2D eigenvalue weighted by Crippen LogP contribution is -2.33. The van der Waals surface area contributed by atoms with E-state index in [1.54, 1.807) is 0 Å². The second kappa shape index (κ2) is 13.7. The van der Waals surface area contributed by atoms with E-state index in [0.29, 0.717) is 19.3 Å². The first-order valence-electron chi connectivity index (χ1n) is 11.3. The first-order chi connectivity index (χ1) is 15.0. The van der Waals surface area contributed by atoms with Crippen LogP contribution in [-0.2, 0) is 14.3 Å². The molecule has 1 aliphatic rings. The number of nitrogens with zero attached hydrogens (tertiary/aromatic N) is 1. The number of carbonyl (C=O) groups is 2. The number of aliphatic hydroxyl groups excluding tert-OH is 1. The Hall–Kier alpha value is -2.58. The molecule has 1 N–H and O–H groups in total. The number of amides is 1. The van der Waals surface area contributed by atoms with Crippen molar-refractivity contribution in [2.45, 2.75) is 70.4 Å². The van der Waals surface area contributed by atoms with Crippen LogP contribution in [0.25, 0.3) is 0 Å². The van der Waals surface area contributed by atoms with Gasteiger partial charge in [-0.15, -0.1) is 0 Å². The van der Waals surface area contributed by atoms with Gasteiger partial charge in [0.15, 0.2) is 0 Å². The highest BCUT2D eigenvalue weighted by molar-refractivity contribution is 5.79. The van der Waals surface area contributed by atoms with Crippen LogP contribution in [0.2, 0.25) is 0 Å². The Labute approximate surface area is 186 Å². The second-order valence-corrected chi connectivity index (χ2v) is 8.16. The average molecular weight is 426 g/mol. The highest BCUT2D eigenvalue weighted by atomic mass is 16.5. The van der Waals surface area contributed by atoms with Gasteiger partial charge in [-0.3, -0.25) is 9.59 Å². The van der Waals surface area contributed by atoms with Crippen LogP contribution in [0.5, 0.6) is 0 Å². The Morgan fingerprint density at radius 3 is 2.74 bits per heavy atom. The Bertz CT molecular complexity index is 778. The van der Waals surface area contributed by atoms with Gasteiger partial charge in [0.2, 0.25) is 5.91 Å². The first kappa shape index (κ1) is 24.7. The summed E-state index contributed by atoms with van der Waals surface area (Å²) in [5, 5.41) is 10.5. The van der Waals surface area contributed by atoms with Gasteiger partial charge < -0.3 is 14.7 Å². The number of hydrogen-bond acceptors (Lipinski definition) is 4. The Morgan fingerprint density at radius 2 is 2.00 bits per heavy atom. The van der Waals surface area contributed by atoms with Crippen LogP contribution in [0, 0.1) is 17.8 Å². The second-order valence-electron chi connectivity index (χ2n) is 8.16. The molecule has 3 atom stereocenters. The molecule has 1 amide bonds. The van der Waals surface area contributed by atoms with E-state index in [2.05, 4.69) is 16.6 Å². The van der Waals surface area contributed by atoms with Gasteiger partial charge in [-0.1, -0.05) is 62.0 Å². The maximum absolute atomic E-state index is 12.2. The summed E-state index contributed by atoms with van der Waals surface area (Å²) in [4.78, 5) is 25.3. The number of rotatable bonds is 11. The minimum absolute atomic E-state index is 0.0211. The van der Waals surface area contributed by atoms with Crippen LogP contribution in [0.3, 0.4) is 0 Å². The predicted octanol–water partition coefficient (Wildman–Crippen LogP) is 4.10. The molecule has 168 valence electrons. The molecular weight excluding hydrogens is 390 g/mol. The van der Waals surface area contributed by atoms with E-state index in [1.807, 2.05) is 54.3 Å². The number of aliphatic hydroxyl groups is 1. The van der Waals surface area contributed by atoms with Crippen molar-refractivity contribution in [1.82, 2.24) is 4.90 Å². The molecule has 1 aliphatic heterocycles. The molecule has 0 spiro atoms. The molecule has 31 heavy (non-hydrogen) atoms. The summed E-state index contributed by atoms with van der Waals surface area (Å²) in [6.45, 7) is 2.71. The predicted molar refractivity (Wildman–Crippen MR) is 122 cm³/mol. The number of benzene rings is 1. The third kappa shape index (κ3) is 8.98. The monoisotopic (exact) mass is 425 g/mol. The van der Waals surface area contributed by atoms with Crippen molar-refractivity contribution in [3.63, 3.8) is 0 Å². The van der Waals surface area contributed by atoms with Crippen LogP contribution in [0.1, 0.15) is 63.9 Å². The average Bonchev–Trinajstić information content (AvgIpc) is 3.14. The van der Waals surface area contributed by atoms with Crippen molar-refractivity contribution in [2.75, 3.05) is 13.7 Å². The molecule has 5 nitrogen and oxygen atoms in total. The number of methoxy groups -OCH3 is 1. The number of likely N-dealkylation sites (tertiary alicyclic amines) is 1. The molecule has 1 saturated heterocycles. The molecule has 1 unspecified atom stereocenters. The fourth-order valence-electron chi connectivity index (χ4n) is 3.64. The quantitative estimate of drug-likeness (QED) is 0.251. The Balaban J connectivity index is 1.74. The number of hydrogen-bond donors (Lipinski definition) is 1. The van der Waals surface area contributed by atoms with Crippen molar-refractivity contribution in [3.8, 4) is 11.8 Å². The van der Waals surface area contributed by atoms with Crippen molar-refractivity contribution in [1.29, 1.82) is 0 Å². The lowest BCUT2D eigenvalue weighted by molar-refractivity contribution is -0.140. The highest BCUT2D eigenvalue weighted by Gasteiger charge is 2.28. The van der Waals surface area contributed by atoms with E-state index in [4.69, 9.17) is 0 Å². The molecule has 0 radical (unpaired) electrons. The van der Waals surface area contributed by atoms with Crippen LogP contribution < -0.4 is 0 Å². The molecule has 1 heterocycles. The smallest absolute Gasteiger partial charge is 0.305 e. The van der Waals surface area contributed by atoms with Gasteiger partial charge >= 0.3 is 5.97 Å². The first-order valence-corrected chi connectivity index (χ1v) is 11.3. The van der Waals surface area contributed by atoms with E-state index >= 15 is 0 Å². The zero-order valence-corrected chi connectivity index (χ0v) is 18.8. The van der Waals surface area contributed by atoms with Crippen molar-refractivity contribution < 1.29 is 19.4 Å². The van der Waals surface area contributed by atoms with Gasteiger partial charge in [-0.25, -0.2) is 0 Å². The summed E-state index contributed by atoms with van der Waals surface area (Å²) in [6.07, 6.45) is 9.32. The molecule has 5 heteroatoms. The van der Waals surface area contributed by atoms with Gasteiger partial charge in [-0.2, -0.15) is 0 Å². The lowest BCUT2D eigenvalue weighted by Gasteiger charge is -2.23. The van der Waals surface area contributed by atoms with Crippen molar-refractivity contribution in [2.24, 2.45) is 5.92 Å². The van der Waals surface area contributed by atoms with Gasteiger partial charge in [0.05, 0.1) is 19.3 Å². The fourth-order valence-corrected chi connectivity index (χ4v) is 3.64. The molecule has 1 aromatic carbocycles. The van der Waals surface area contributed by atoms with E-state index in [1.165, 1.54) is 7.11 Å². The third-order valence-electron chi connectivity index (χ3n) is 5.68. The minimum atomic E-state index is -0.582. The van der Waals surface area contributed by atoms with Gasteiger partial charge in [0.25, 0.3) is 0 Å². The van der Waals surface area contributed by atoms with Crippen LogP contribution >= 0.6 is 0 Å². The summed E-state index contributed by atoms with van der Waals surface area (Å²) in [7, 11) is 1.41. The van der Waals surface area contributed by atoms with E-state index in [0.717, 1.165) is 44.2 Å². The highest BCUT2D eigenvalue weighted by Crippen LogP contribution is 2.22. The topological polar surface area (TPSA) is 66.8 Å². The summed E-state index contributed by atoms with van der Waals surface area (Å²) in [5.41, 5.74) is 0.977. The summed E-state index contributed by atoms with van der Waals surface area (Å²) >= 11 is 0. The molecule has 0 saturated carbocycles. The Kier molecular flexibility index (Phi) is 10.9. The maximum Gasteiger partial charge on any atom is 0.305 e. The molecule has 1 aromatic rings. The third-order valence-corrected chi connectivity index (χ3v) is 5.68. The van der Waals surface area contributed by atoms with Gasteiger partial charge in [0.1, 0.15) is 0 Å². The lowest BCUT2D eigenvalue weighted by atomic mass is 9.99. The van der Waals surface area contributed by atoms with Crippen molar-refractivity contribution in [3.05, 3.63) is 48.0 Å². The minimum Gasteiger partial charge on any atom is -0.469 e. The molecular formula is C26H35NO4. The molecule has 2 rings (SSSR count). The van der Waals surface area contributed by atoms with Crippen LogP contribution in [0.4, 0.5) is 0 Å². The molecule has 1 fully saturated rings. The van der Waals surface area contributed by atoms with Crippen LogP contribution in [-0.4, -0.2) is 47.7 Å². The number of unbranched alkanes of at least 4 members (excludes halogenated alkanes) is 3. The van der Waals surface area contributed by atoms with E-state index in [-0.39, 0.29) is 23.8 Å². The summed E-state index contributed by atoms with van der Waals surface area (Å²) < 4.78 is 4.64. The normalized spacial score (nSPS) is 18.0. The standard InChI is InChI=1S/C26H35NO4/c1-21(11-10-14-22-12-6-5-7-13-22)24(28)18-16-23-17-19-25(29)27(23)20-9-4-3-8-15-26(30)31-2/h5-7,12-13,16,18,21,23-24,28H,3-4,8-9,11,15,17,19-20H2,1-2H3/t21-,23?,24-/m1/s1. The van der Waals surface area contributed by atoms with Gasteiger partial charge in [-0.05, 0) is 37.3 Å². The fraction of sp³-hybridized carbons (Fsp3) is 0.538. The Morgan fingerprint density at radius 1 is 1.26 bits per heavy atom. The zero-order chi connectivity index (χ0) is 22.5. The summed E-state index contributed by atoms with van der Waals surface area (Å²) in [6, 6.07) is 9.88. The van der Waals surface area contributed by atoms with E-state index in [9.17, 15) is 14.7 Å².